The van der Waals surface area contributed by atoms with E-state index >= 15 is 0 Å². The highest BCUT2D eigenvalue weighted by Crippen LogP contribution is 2.34. The average Bonchev–Trinajstić information content (AvgIpc) is 3.07. The summed E-state index contributed by atoms with van der Waals surface area (Å²) in [6, 6.07) is 15.8. The predicted molar refractivity (Wildman–Crippen MR) is 176 cm³/mol. The number of benzene rings is 3. The van der Waals surface area contributed by atoms with E-state index in [-0.39, 0.29) is 43.4 Å². The summed E-state index contributed by atoms with van der Waals surface area (Å²) in [5.41, 5.74) is 1.71. The number of amides is 4. The Morgan fingerprint density at radius 3 is 2.00 bits per heavy atom. The van der Waals surface area contributed by atoms with Crippen molar-refractivity contribution in [2.75, 3.05) is 39.7 Å². The number of rotatable bonds is 17. The van der Waals surface area contributed by atoms with Gasteiger partial charge in [0.15, 0.2) is 0 Å². The minimum Gasteiger partial charge on any atom is -0.497 e. The van der Waals surface area contributed by atoms with Crippen molar-refractivity contribution in [1.82, 2.24) is 16.0 Å². The summed E-state index contributed by atoms with van der Waals surface area (Å²) < 4.78 is 16.5. The molecule has 0 aliphatic rings. The van der Waals surface area contributed by atoms with Crippen molar-refractivity contribution in [3.05, 3.63) is 86.4 Å². The molecule has 0 aromatic heterocycles. The maximum atomic E-state index is 12.9. The lowest BCUT2D eigenvalue weighted by atomic mass is 9.97. The van der Waals surface area contributed by atoms with Crippen LogP contribution in [0.15, 0.2) is 65.1 Å². The highest BCUT2D eigenvalue weighted by molar-refractivity contribution is 9.10. The van der Waals surface area contributed by atoms with Crippen LogP contribution in [0.1, 0.15) is 42.9 Å². The molecule has 0 aliphatic heterocycles. The van der Waals surface area contributed by atoms with E-state index in [2.05, 4.69) is 37.2 Å². The number of nitro groups is 1. The Balaban J connectivity index is 1.43. The average molecular weight is 715 g/mol. The maximum Gasteiger partial charge on any atom is 0.270 e. The summed E-state index contributed by atoms with van der Waals surface area (Å²) in [6.07, 6.45) is 1.03. The van der Waals surface area contributed by atoms with E-state index in [1.54, 1.807) is 37.4 Å². The number of carbonyl (C=O) groups excluding carboxylic acids is 4. The molecule has 15 heteroatoms. The second kappa shape index (κ2) is 18.1. The Kier molecular flexibility index (Phi) is 14.0. The summed E-state index contributed by atoms with van der Waals surface area (Å²) in [5.74, 6) is 0.0145. The number of hydrogen-bond donors (Lipinski definition) is 4. The molecule has 0 spiro atoms. The molecule has 0 aliphatic carbocycles. The molecule has 0 saturated carbocycles. The van der Waals surface area contributed by atoms with E-state index in [0.717, 1.165) is 5.56 Å². The molecule has 3 aromatic carbocycles. The Morgan fingerprint density at radius 2 is 1.38 bits per heavy atom. The fourth-order valence-corrected chi connectivity index (χ4v) is 4.88. The zero-order chi connectivity index (χ0) is 34.3. The van der Waals surface area contributed by atoms with Gasteiger partial charge in [-0.25, -0.2) is 0 Å². The molecule has 14 nitrogen and oxygen atoms in total. The van der Waals surface area contributed by atoms with Gasteiger partial charge in [0, 0.05) is 41.1 Å². The molecule has 4 N–H and O–H groups in total. The quantitative estimate of drug-likeness (QED) is 0.0910. The van der Waals surface area contributed by atoms with E-state index in [9.17, 15) is 29.3 Å². The zero-order valence-corrected chi connectivity index (χ0v) is 27.7. The molecule has 3 aromatic rings. The largest absolute Gasteiger partial charge is 0.497 e. The Bertz CT molecular complexity index is 1580. The molecular weight excluding hydrogens is 678 g/mol. The fourth-order valence-electron chi connectivity index (χ4n) is 4.42. The number of ether oxygens (including phenoxy) is 3. The smallest absolute Gasteiger partial charge is 0.270 e. The molecule has 0 heterocycles. The first-order chi connectivity index (χ1) is 22.5. The standard InChI is InChI=1S/C32H36BrN5O9/c1-45-22-11-8-20(9-12-22)32(24-14-13-23(46-2)17-27(24)47-3)37-31(42)19-35-30(41)18-34-28(39)6-4-5-7-29(40)36-26-15-10-21(38(43)44)16-25(26)33/h8-17,32H,4-7,18-19H2,1-3H3,(H,34,39)(H,35,41)(H,36,40)(H,37,42). The molecule has 1 unspecified atom stereocenters. The van der Waals surface area contributed by atoms with Crippen LogP contribution in [0, 0.1) is 10.1 Å². The lowest BCUT2D eigenvalue weighted by Gasteiger charge is -2.23. The molecule has 0 fully saturated rings. The summed E-state index contributed by atoms with van der Waals surface area (Å²) in [6.45, 7) is -0.658. The van der Waals surface area contributed by atoms with Gasteiger partial charge in [0.05, 0.1) is 51.1 Å². The SMILES string of the molecule is COc1ccc(C(NC(=O)CNC(=O)CNC(=O)CCCCC(=O)Nc2ccc([N+](=O)[O-])cc2Br)c2ccc(OC)cc2OC)cc1. The van der Waals surface area contributed by atoms with Crippen LogP contribution in [0.3, 0.4) is 0 Å². The number of unbranched alkanes of at least 4 members (excludes halogenated alkanes) is 1. The van der Waals surface area contributed by atoms with Crippen LogP contribution in [-0.2, 0) is 19.2 Å². The van der Waals surface area contributed by atoms with Crippen LogP contribution in [0.5, 0.6) is 17.2 Å². The number of nitrogens with zero attached hydrogens (tertiary/aromatic N) is 1. The third-order valence-corrected chi connectivity index (χ3v) is 7.55. The van der Waals surface area contributed by atoms with Crippen LogP contribution in [-0.4, -0.2) is 63.0 Å². The number of anilines is 1. The van der Waals surface area contributed by atoms with Crippen molar-refractivity contribution in [2.45, 2.75) is 31.7 Å². The molecule has 3 rings (SSSR count). The van der Waals surface area contributed by atoms with Gasteiger partial charge in [-0.1, -0.05) is 12.1 Å². The number of carbonyl (C=O) groups is 4. The lowest BCUT2D eigenvalue weighted by Crippen LogP contribution is -2.43. The topological polar surface area (TPSA) is 187 Å². The first-order valence-electron chi connectivity index (χ1n) is 14.5. The van der Waals surface area contributed by atoms with Gasteiger partial charge in [-0.15, -0.1) is 0 Å². The minimum absolute atomic E-state index is 0.0928. The van der Waals surface area contributed by atoms with Gasteiger partial charge < -0.3 is 35.5 Å². The molecule has 4 amide bonds. The number of halogens is 1. The molecule has 0 radical (unpaired) electrons. The van der Waals surface area contributed by atoms with Gasteiger partial charge >= 0.3 is 0 Å². The van der Waals surface area contributed by atoms with Crippen LogP contribution < -0.4 is 35.5 Å². The number of methoxy groups -OCH3 is 3. The normalized spacial score (nSPS) is 11.1. The number of nitro benzene ring substituents is 1. The number of non-ortho nitro benzene ring substituents is 1. The third-order valence-electron chi connectivity index (χ3n) is 6.89. The van der Waals surface area contributed by atoms with Crippen LogP contribution in [0.2, 0.25) is 0 Å². The minimum atomic E-state index is -0.622. The van der Waals surface area contributed by atoms with Gasteiger partial charge in [0.25, 0.3) is 5.69 Å². The Labute approximate surface area is 279 Å². The van der Waals surface area contributed by atoms with E-state index < -0.39 is 22.8 Å². The van der Waals surface area contributed by atoms with Gasteiger partial charge in [-0.2, -0.15) is 0 Å². The molecule has 1 atom stereocenters. The van der Waals surface area contributed by atoms with Crippen molar-refractivity contribution in [1.29, 1.82) is 0 Å². The maximum absolute atomic E-state index is 12.9. The van der Waals surface area contributed by atoms with E-state index in [0.29, 0.717) is 45.8 Å². The molecule has 250 valence electrons. The molecule has 0 saturated heterocycles. The van der Waals surface area contributed by atoms with Crippen LogP contribution in [0.4, 0.5) is 11.4 Å². The molecular formula is C32H36BrN5O9. The number of hydrogen-bond acceptors (Lipinski definition) is 9. The van der Waals surface area contributed by atoms with Gasteiger partial charge in [-0.05, 0) is 64.7 Å². The first-order valence-corrected chi connectivity index (χ1v) is 15.3. The first kappa shape index (κ1) is 36.3. The van der Waals surface area contributed by atoms with Gasteiger partial charge in [0.1, 0.15) is 17.2 Å². The van der Waals surface area contributed by atoms with Crippen molar-refractivity contribution in [3.63, 3.8) is 0 Å². The summed E-state index contributed by atoms with van der Waals surface area (Å²) in [4.78, 5) is 60.0. The summed E-state index contributed by atoms with van der Waals surface area (Å²) >= 11 is 3.20. The van der Waals surface area contributed by atoms with Crippen molar-refractivity contribution >= 4 is 50.9 Å². The van der Waals surface area contributed by atoms with Crippen molar-refractivity contribution in [2.24, 2.45) is 0 Å². The second-order valence-electron chi connectivity index (χ2n) is 10.1. The summed E-state index contributed by atoms with van der Waals surface area (Å²) in [5, 5.41) is 21.4. The van der Waals surface area contributed by atoms with Crippen molar-refractivity contribution in [3.8, 4) is 17.2 Å². The van der Waals surface area contributed by atoms with Crippen LogP contribution >= 0.6 is 15.9 Å². The molecule has 0 bridgehead atoms. The summed E-state index contributed by atoms with van der Waals surface area (Å²) in [7, 11) is 4.61. The highest BCUT2D eigenvalue weighted by Gasteiger charge is 2.22. The fraction of sp³-hybridized carbons (Fsp3) is 0.312. The van der Waals surface area contributed by atoms with E-state index in [4.69, 9.17) is 14.2 Å². The van der Waals surface area contributed by atoms with E-state index in [1.165, 1.54) is 32.4 Å². The van der Waals surface area contributed by atoms with E-state index in [1.807, 2.05) is 12.1 Å². The van der Waals surface area contributed by atoms with Gasteiger partial charge in [0.2, 0.25) is 23.6 Å². The van der Waals surface area contributed by atoms with Gasteiger partial charge in [-0.3, -0.25) is 29.3 Å². The lowest BCUT2D eigenvalue weighted by molar-refractivity contribution is -0.384. The predicted octanol–water partition coefficient (Wildman–Crippen LogP) is 4.02. The third kappa shape index (κ3) is 11.3. The monoisotopic (exact) mass is 713 g/mol. The molecule has 47 heavy (non-hydrogen) atoms. The highest BCUT2D eigenvalue weighted by atomic mass is 79.9. The van der Waals surface area contributed by atoms with Crippen molar-refractivity contribution < 1.29 is 38.3 Å². The Morgan fingerprint density at radius 1 is 0.766 bits per heavy atom. The van der Waals surface area contributed by atoms with Crippen LogP contribution in [0.25, 0.3) is 0 Å². The second-order valence-corrected chi connectivity index (χ2v) is 11.0. The zero-order valence-electron chi connectivity index (χ0n) is 26.1. The number of nitrogens with one attached hydrogen (secondary N) is 4. The Hall–Kier alpha value is -5.18.